The number of H-pyrrole nitrogens is 1. The minimum atomic E-state index is -3.96. The minimum absolute atomic E-state index is 0.0111. The third-order valence-corrected chi connectivity index (χ3v) is 6.62. The first-order chi connectivity index (χ1) is 17.2. The Labute approximate surface area is 217 Å². The Bertz CT molecular complexity index is 1830. The van der Waals surface area contributed by atoms with Crippen molar-refractivity contribution in [1.29, 1.82) is 0 Å². The molecule has 0 saturated heterocycles. The van der Waals surface area contributed by atoms with E-state index in [1.54, 1.807) is 41.8 Å². The normalized spacial score (nSPS) is 12.0. The molecule has 0 saturated carbocycles. The monoisotopic (exact) mass is 563 g/mol. The van der Waals surface area contributed by atoms with E-state index in [-0.39, 0.29) is 29.2 Å². The van der Waals surface area contributed by atoms with Crippen molar-refractivity contribution in [2.75, 3.05) is 17.2 Å². The average molecular weight is 564 g/mol. The molecular weight excluding hydrogens is 542 g/mol. The van der Waals surface area contributed by atoms with Gasteiger partial charge in [0.25, 0.3) is 11.5 Å². The Balaban J connectivity index is 2.03. The molecule has 14 heteroatoms. The number of sulfonamides is 2. The summed E-state index contributed by atoms with van der Waals surface area (Å²) < 4.78 is 53.3. The fourth-order valence-corrected chi connectivity index (χ4v) is 5.18. The van der Waals surface area contributed by atoms with E-state index in [1.807, 2.05) is 4.72 Å². The van der Waals surface area contributed by atoms with Crippen molar-refractivity contribution in [2.45, 2.75) is 13.5 Å². The number of anilines is 1. The second-order valence-electron chi connectivity index (χ2n) is 8.46. The third-order valence-electron chi connectivity index (χ3n) is 5.25. The molecule has 0 aliphatic heterocycles. The Morgan fingerprint density at radius 1 is 1.08 bits per heavy atom. The van der Waals surface area contributed by atoms with Gasteiger partial charge in [0.05, 0.1) is 12.5 Å². The maximum absolute atomic E-state index is 13.4. The zero-order chi connectivity index (χ0) is 27.1. The summed E-state index contributed by atoms with van der Waals surface area (Å²) in [4.78, 5) is 32.9. The zero-order valence-corrected chi connectivity index (χ0v) is 22.3. The smallest absolute Gasteiger partial charge is 0.282 e. The van der Waals surface area contributed by atoms with E-state index in [0.29, 0.717) is 27.2 Å². The summed E-state index contributed by atoms with van der Waals surface area (Å²) in [5.74, 6) is -0.868. The fraction of sp³-hybridized carbons (Fsp3) is 0.174. The van der Waals surface area contributed by atoms with Crippen molar-refractivity contribution in [2.24, 2.45) is 0 Å². The molecule has 4 aromatic rings. The van der Waals surface area contributed by atoms with E-state index >= 15 is 0 Å². The SMILES string of the molecule is Cc1cc(Cn2c(C(=O)NS(C)(=O)=O)c(-c3ccc[nH]c3=O)c3cc(Cl)ccc32)cc(NS(C)(=O)=O)n1. The summed E-state index contributed by atoms with van der Waals surface area (Å²) in [7, 11) is -7.57. The molecule has 4 rings (SSSR count). The van der Waals surface area contributed by atoms with E-state index in [2.05, 4.69) is 14.7 Å². The number of amides is 1. The summed E-state index contributed by atoms with van der Waals surface area (Å²) >= 11 is 6.26. The fourth-order valence-electron chi connectivity index (χ4n) is 4.09. The molecule has 0 unspecified atom stereocenters. The number of aromatic amines is 1. The van der Waals surface area contributed by atoms with Crippen molar-refractivity contribution < 1.29 is 21.6 Å². The number of nitrogens with zero attached hydrogens (tertiary/aromatic N) is 2. The molecule has 0 radical (unpaired) electrons. The van der Waals surface area contributed by atoms with E-state index < -0.39 is 31.5 Å². The highest BCUT2D eigenvalue weighted by molar-refractivity contribution is 7.92. The molecule has 0 spiro atoms. The number of pyridine rings is 2. The van der Waals surface area contributed by atoms with E-state index in [9.17, 15) is 26.4 Å². The molecule has 0 aliphatic rings. The second kappa shape index (κ2) is 9.65. The molecule has 3 N–H and O–H groups in total. The molecule has 1 amide bonds. The van der Waals surface area contributed by atoms with Crippen LogP contribution in [0.4, 0.5) is 5.82 Å². The number of aryl methyl sites for hydroxylation is 1. The number of rotatable bonds is 7. The highest BCUT2D eigenvalue weighted by Gasteiger charge is 2.27. The molecule has 3 heterocycles. The van der Waals surface area contributed by atoms with Gasteiger partial charge in [-0.2, -0.15) is 0 Å². The minimum Gasteiger partial charge on any atom is -0.331 e. The van der Waals surface area contributed by atoms with Crippen molar-refractivity contribution in [3.8, 4) is 11.1 Å². The highest BCUT2D eigenvalue weighted by atomic mass is 35.5. The molecule has 0 aliphatic carbocycles. The Hall–Kier alpha value is -3.68. The van der Waals surface area contributed by atoms with Gasteiger partial charge in [-0.15, -0.1) is 0 Å². The van der Waals surface area contributed by atoms with Gasteiger partial charge in [-0.1, -0.05) is 11.6 Å². The molecule has 37 heavy (non-hydrogen) atoms. The predicted molar refractivity (Wildman–Crippen MR) is 142 cm³/mol. The molecule has 3 aromatic heterocycles. The van der Waals surface area contributed by atoms with Crippen molar-refractivity contribution in [3.05, 3.63) is 81.0 Å². The van der Waals surface area contributed by atoms with Gasteiger partial charge in [-0.05, 0) is 55.0 Å². The predicted octanol–water partition coefficient (Wildman–Crippen LogP) is 2.46. The summed E-state index contributed by atoms with van der Waals surface area (Å²) in [6.07, 6.45) is 3.28. The van der Waals surface area contributed by atoms with Crippen LogP contribution in [0.15, 0.2) is 53.5 Å². The van der Waals surface area contributed by atoms with Crippen molar-refractivity contribution in [1.82, 2.24) is 19.3 Å². The molecule has 0 fully saturated rings. The standard InChI is InChI=1S/C23H22ClN5O6S2/c1-13-9-14(10-19(26-13)27-36(2,32)33)12-29-18-7-6-15(24)11-17(18)20(16-5-4-8-25-22(16)30)21(29)23(31)28-37(3,34)35/h4-11H,12H2,1-3H3,(H,25,30)(H,26,27)(H,28,31). The van der Waals surface area contributed by atoms with Gasteiger partial charge in [0.15, 0.2) is 0 Å². The number of carbonyl (C=O) groups is 1. The lowest BCUT2D eigenvalue weighted by Gasteiger charge is -2.14. The first kappa shape index (κ1) is 26.4. The average Bonchev–Trinajstić information content (AvgIpc) is 3.04. The number of hydrogen-bond acceptors (Lipinski definition) is 7. The van der Waals surface area contributed by atoms with Crippen LogP contribution >= 0.6 is 11.6 Å². The van der Waals surface area contributed by atoms with Crippen LogP contribution in [0.25, 0.3) is 22.0 Å². The van der Waals surface area contributed by atoms with Crippen LogP contribution < -0.4 is 15.0 Å². The van der Waals surface area contributed by atoms with Gasteiger partial charge < -0.3 is 9.55 Å². The topological polar surface area (TPSA) is 160 Å². The first-order valence-electron chi connectivity index (χ1n) is 10.7. The van der Waals surface area contributed by atoms with Crippen LogP contribution in [-0.4, -0.2) is 49.8 Å². The number of fused-ring (bicyclic) bond motifs is 1. The molecule has 0 atom stereocenters. The second-order valence-corrected chi connectivity index (χ2v) is 12.4. The summed E-state index contributed by atoms with van der Waals surface area (Å²) in [5.41, 5.74) is 1.31. The molecular formula is C23H22ClN5O6S2. The lowest BCUT2D eigenvalue weighted by Crippen LogP contribution is -2.32. The third kappa shape index (κ3) is 6.01. The quantitative estimate of drug-likeness (QED) is 0.311. The number of halogens is 1. The molecule has 0 bridgehead atoms. The van der Waals surface area contributed by atoms with Gasteiger partial charge in [-0.25, -0.2) is 26.5 Å². The largest absolute Gasteiger partial charge is 0.331 e. The number of hydrogen-bond donors (Lipinski definition) is 3. The molecule has 11 nitrogen and oxygen atoms in total. The van der Waals surface area contributed by atoms with Gasteiger partial charge in [0.1, 0.15) is 11.5 Å². The van der Waals surface area contributed by atoms with Crippen LogP contribution in [0.1, 0.15) is 21.7 Å². The molecule has 1 aromatic carbocycles. The van der Waals surface area contributed by atoms with Gasteiger partial charge in [0.2, 0.25) is 20.0 Å². The van der Waals surface area contributed by atoms with Crippen molar-refractivity contribution in [3.63, 3.8) is 0 Å². The van der Waals surface area contributed by atoms with Gasteiger partial charge >= 0.3 is 0 Å². The highest BCUT2D eigenvalue weighted by Crippen LogP contribution is 2.36. The Kier molecular flexibility index (Phi) is 6.88. The van der Waals surface area contributed by atoms with Crippen LogP contribution in [0.3, 0.4) is 0 Å². The van der Waals surface area contributed by atoms with Crippen LogP contribution in [0, 0.1) is 6.92 Å². The number of carbonyl (C=O) groups excluding carboxylic acids is 1. The summed E-state index contributed by atoms with van der Waals surface area (Å²) in [5, 5.41) is 0.788. The maximum atomic E-state index is 13.4. The van der Waals surface area contributed by atoms with E-state index in [0.717, 1.165) is 12.5 Å². The van der Waals surface area contributed by atoms with E-state index in [4.69, 9.17) is 11.6 Å². The van der Waals surface area contributed by atoms with Gasteiger partial charge in [-0.3, -0.25) is 14.3 Å². The van der Waals surface area contributed by atoms with Crippen LogP contribution in [0.5, 0.6) is 0 Å². The molecule has 194 valence electrons. The van der Waals surface area contributed by atoms with Crippen LogP contribution in [-0.2, 0) is 26.6 Å². The zero-order valence-electron chi connectivity index (χ0n) is 19.9. The Morgan fingerprint density at radius 2 is 1.81 bits per heavy atom. The lowest BCUT2D eigenvalue weighted by atomic mass is 10.0. The summed E-state index contributed by atoms with van der Waals surface area (Å²) in [6.45, 7) is 1.69. The van der Waals surface area contributed by atoms with Gasteiger partial charge in [0, 0.05) is 45.5 Å². The van der Waals surface area contributed by atoms with E-state index in [1.165, 1.54) is 18.3 Å². The summed E-state index contributed by atoms with van der Waals surface area (Å²) in [6, 6.07) is 11.1. The maximum Gasteiger partial charge on any atom is 0.282 e. The number of aromatic nitrogens is 3. The lowest BCUT2D eigenvalue weighted by molar-refractivity contribution is 0.0974. The Morgan fingerprint density at radius 3 is 2.46 bits per heavy atom. The van der Waals surface area contributed by atoms with Crippen LogP contribution in [0.2, 0.25) is 5.02 Å². The first-order valence-corrected chi connectivity index (χ1v) is 14.9. The number of nitrogens with one attached hydrogen (secondary N) is 3. The van der Waals surface area contributed by atoms with Crippen molar-refractivity contribution >= 4 is 54.3 Å². The number of benzene rings is 1.